The Morgan fingerprint density at radius 1 is 1.24 bits per heavy atom. The topological polar surface area (TPSA) is 44.5 Å². The molecule has 0 aromatic heterocycles. The third-order valence-electron chi connectivity index (χ3n) is 4.00. The molecule has 1 aliphatic carbocycles. The second-order valence-corrected chi connectivity index (χ2v) is 5.20. The number of benzene rings is 1. The van der Waals surface area contributed by atoms with Crippen LogP contribution in [0.25, 0.3) is 0 Å². The van der Waals surface area contributed by atoms with Gasteiger partial charge in [-0.25, -0.2) is 0 Å². The monoisotopic (exact) mass is 233 g/mol. The first-order valence-corrected chi connectivity index (χ1v) is 6.40. The first-order valence-electron chi connectivity index (χ1n) is 6.40. The molecule has 0 saturated heterocycles. The van der Waals surface area contributed by atoms with Crippen LogP contribution in [0.15, 0.2) is 18.2 Å². The summed E-state index contributed by atoms with van der Waals surface area (Å²) in [4.78, 5) is 0. The maximum absolute atomic E-state index is 6.43. The quantitative estimate of drug-likeness (QED) is 0.853. The van der Waals surface area contributed by atoms with E-state index in [1.807, 2.05) is 6.07 Å². The second kappa shape index (κ2) is 3.91. The maximum Gasteiger partial charge on any atom is 0.161 e. The van der Waals surface area contributed by atoms with Gasteiger partial charge in [0.15, 0.2) is 11.5 Å². The summed E-state index contributed by atoms with van der Waals surface area (Å²) in [6.45, 7) is 3.50. The van der Waals surface area contributed by atoms with Crippen LogP contribution >= 0.6 is 0 Å². The fourth-order valence-corrected chi connectivity index (χ4v) is 2.85. The lowest BCUT2D eigenvalue weighted by Crippen LogP contribution is -2.48. The van der Waals surface area contributed by atoms with E-state index in [2.05, 4.69) is 19.1 Å². The highest BCUT2D eigenvalue weighted by atomic mass is 16.6. The van der Waals surface area contributed by atoms with E-state index in [0.717, 1.165) is 30.3 Å². The molecule has 0 unspecified atom stereocenters. The summed E-state index contributed by atoms with van der Waals surface area (Å²) in [6.07, 6.45) is 3.40. The summed E-state index contributed by atoms with van der Waals surface area (Å²) < 4.78 is 11.1. The molecule has 0 spiro atoms. The highest BCUT2D eigenvalue weighted by molar-refractivity contribution is 5.46. The van der Waals surface area contributed by atoms with Gasteiger partial charge in [0, 0.05) is 5.54 Å². The van der Waals surface area contributed by atoms with Crippen molar-refractivity contribution in [2.75, 3.05) is 13.2 Å². The average Bonchev–Trinajstić information content (AvgIpc) is 2.34. The molecule has 2 N–H and O–H groups in total. The van der Waals surface area contributed by atoms with Gasteiger partial charge in [0.05, 0.1) is 0 Å². The Morgan fingerprint density at radius 3 is 2.65 bits per heavy atom. The zero-order valence-electron chi connectivity index (χ0n) is 10.2. The molecule has 1 fully saturated rings. The normalized spacial score (nSPS) is 30.8. The van der Waals surface area contributed by atoms with Crippen molar-refractivity contribution in [1.29, 1.82) is 0 Å². The molecule has 0 amide bonds. The molecule has 1 heterocycles. The summed E-state index contributed by atoms with van der Waals surface area (Å²) in [7, 11) is 0. The van der Waals surface area contributed by atoms with Gasteiger partial charge in [-0.2, -0.15) is 0 Å². The van der Waals surface area contributed by atoms with Crippen LogP contribution in [0.1, 0.15) is 31.7 Å². The number of hydrogen-bond acceptors (Lipinski definition) is 3. The number of rotatable bonds is 2. The van der Waals surface area contributed by atoms with E-state index in [9.17, 15) is 0 Å². The van der Waals surface area contributed by atoms with Crippen molar-refractivity contribution < 1.29 is 9.47 Å². The van der Waals surface area contributed by atoms with Crippen LogP contribution in [-0.2, 0) is 5.54 Å². The van der Waals surface area contributed by atoms with Crippen LogP contribution in [-0.4, -0.2) is 13.2 Å². The van der Waals surface area contributed by atoms with Crippen LogP contribution in [0.5, 0.6) is 11.5 Å². The number of nitrogens with two attached hydrogens (primary N) is 1. The van der Waals surface area contributed by atoms with Crippen LogP contribution in [0, 0.1) is 5.92 Å². The highest BCUT2D eigenvalue weighted by Crippen LogP contribution is 2.46. The number of hydrogen-bond donors (Lipinski definition) is 1. The Bertz CT molecular complexity index is 424. The fourth-order valence-electron chi connectivity index (χ4n) is 2.85. The zero-order valence-corrected chi connectivity index (χ0v) is 10.2. The summed E-state index contributed by atoms with van der Waals surface area (Å²) >= 11 is 0. The summed E-state index contributed by atoms with van der Waals surface area (Å²) in [6, 6.07) is 6.12. The van der Waals surface area contributed by atoms with Gasteiger partial charge in [-0.3, -0.25) is 0 Å². The molecule has 17 heavy (non-hydrogen) atoms. The molecule has 1 aliphatic heterocycles. The minimum atomic E-state index is -0.142. The molecule has 0 radical (unpaired) electrons. The Morgan fingerprint density at radius 2 is 1.94 bits per heavy atom. The van der Waals surface area contributed by atoms with E-state index in [-0.39, 0.29) is 5.54 Å². The van der Waals surface area contributed by atoms with Crippen LogP contribution in [0.2, 0.25) is 0 Å². The van der Waals surface area contributed by atoms with E-state index in [1.54, 1.807) is 0 Å². The molecule has 1 saturated carbocycles. The van der Waals surface area contributed by atoms with Crippen LogP contribution < -0.4 is 15.2 Å². The molecule has 0 atom stereocenters. The SMILES string of the molecule is CCC1CC(N)(c2ccc3c(c2)OCCO3)C1. The van der Waals surface area contributed by atoms with Gasteiger partial charge < -0.3 is 15.2 Å². The lowest BCUT2D eigenvalue weighted by molar-refractivity contribution is 0.140. The highest BCUT2D eigenvalue weighted by Gasteiger charge is 2.41. The zero-order chi connectivity index (χ0) is 11.9. The average molecular weight is 233 g/mol. The Kier molecular flexibility index (Phi) is 2.51. The third-order valence-corrected chi connectivity index (χ3v) is 4.00. The van der Waals surface area contributed by atoms with Gasteiger partial charge in [-0.1, -0.05) is 19.4 Å². The Balaban J connectivity index is 1.84. The van der Waals surface area contributed by atoms with Gasteiger partial charge in [0.2, 0.25) is 0 Å². The molecule has 3 heteroatoms. The predicted molar refractivity (Wildman–Crippen MR) is 66.3 cm³/mol. The van der Waals surface area contributed by atoms with E-state index in [0.29, 0.717) is 13.2 Å². The molecule has 3 nitrogen and oxygen atoms in total. The van der Waals surface area contributed by atoms with Crippen LogP contribution in [0.4, 0.5) is 0 Å². The van der Waals surface area contributed by atoms with Crippen molar-refractivity contribution in [2.24, 2.45) is 11.7 Å². The van der Waals surface area contributed by atoms with Gasteiger partial charge in [-0.15, -0.1) is 0 Å². The van der Waals surface area contributed by atoms with E-state index in [4.69, 9.17) is 15.2 Å². The number of ether oxygens (including phenoxy) is 2. The van der Waals surface area contributed by atoms with Gasteiger partial charge >= 0.3 is 0 Å². The smallest absolute Gasteiger partial charge is 0.161 e. The Labute approximate surface area is 102 Å². The molecule has 1 aromatic carbocycles. The summed E-state index contributed by atoms with van der Waals surface area (Å²) in [5.41, 5.74) is 7.47. The first kappa shape index (κ1) is 10.9. The van der Waals surface area contributed by atoms with Crippen molar-refractivity contribution in [1.82, 2.24) is 0 Å². The molecule has 92 valence electrons. The van der Waals surface area contributed by atoms with Crippen molar-refractivity contribution in [3.05, 3.63) is 23.8 Å². The lowest BCUT2D eigenvalue weighted by Gasteiger charge is -2.45. The minimum absolute atomic E-state index is 0.142. The second-order valence-electron chi connectivity index (χ2n) is 5.20. The fraction of sp³-hybridized carbons (Fsp3) is 0.571. The van der Waals surface area contributed by atoms with E-state index >= 15 is 0 Å². The van der Waals surface area contributed by atoms with Crippen molar-refractivity contribution >= 4 is 0 Å². The van der Waals surface area contributed by atoms with E-state index in [1.165, 1.54) is 12.0 Å². The molecule has 2 aliphatic rings. The molecule has 1 aromatic rings. The standard InChI is InChI=1S/C14H19NO2/c1-2-10-8-14(15,9-10)11-3-4-12-13(7-11)17-6-5-16-12/h3-4,7,10H,2,5-6,8-9,15H2,1H3. The predicted octanol–water partition coefficient (Wildman–Crippen LogP) is 2.43. The van der Waals surface area contributed by atoms with Gasteiger partial charge in [0.1, 0.15) is 13.2 Å². The third kappa shape index (κ3) is 1.78. The van der Waals surface area contributed by atoms with Crippen molar-refractivity contribution in [3.63, 3.8) is 0 Å². The van der Waals surface area contributed by atoms with Gasteiger partial charge in [-0.05, 0) is 36.5 Å². The van der Waals surface area contributed by atoms with Crippen LogP contribution in [0.3, 0.4) is 0 Å². The summed E-state index contributed by atoms with van der Waals surface area (Å²) in [5.74, 6) is 2.47. The number of fused-ring (bicyclic) bond motifs is 1. The lowest BCUT2D eigenvalue weighted by atomic mass is 9.64. The summed E-state index contributed by atoms with van der Waals surface area (Å²) in [5, 5.41) is 0. The Hall–Kier alpha value is -1.22. The molecular weight excluding hydrogens is 214 g/mol. The largest absolute Gasteiger partial charge is 0.486 e. The van der Waals surface area contributed by atoms with Crippen molar-refractivity contribution in [2.45, 2.75) is 31.7 Å². The van der Waals surface area contributed by atoms with Gasteiger partial charge in [0.25, 0.3) is 0 Å². The molecule has 0 bridgehead atoms. The van der Waals surface area contributed by atoms with E-state index < -0.39 is 0 Å². The van der Waals surface area contributed by atoms with Crippen molar-refractivity contribution in [3.8, 4) is 11.5 Å². The molecular formula is C14H19NO2. The first-order chi connectivity index (χ1) is 8.21. The molecule has 3 rings (SSSR count). The minimum Gasteiger partial charge on any atom is -0.486 e. The maximum atomic E-state index is 6.43.